The molecule has 2 unspecified atom stereocenters. The van der Waals surface area contributed by atoms with Crippen LogP contribution in [0.1, 0.15) is 31.2 Å². The Hall–Kier alpha value is -1.61. The Labute approximate surface area is 113 Å². The van der Waals surface area contributed by atoms with Crippen molar-refractivity contribution in [3.8, 4) is 0 Å². The number of hydrogen-bond donors (Lipinski definition) is 1. The van der Waals surface area contributed by atoms with Crippen molar-refractivity contribution in [3.63, 3.8) is 0 Å². The fourth-order valence-corrected chi connectivity index (χ4v) is 2.72. The maximum Gasteiger partial charge on any atom is 0.312 e. The number of esters is 1. The topological polar surface area (TPSA) is 46.5 Å². The summed E-state index contributed by atoms with van der Waals surface area (Å²) in [5.74, 6) is -0.722. The fraction of sp³-hybridized carbons (Fsp3) is 0.438. The summed E-state index contributed by atoms with van der Waals surface area (Å²) in [4.78, 5) is 12.1. The van der Waals surface area contributed by atoms with E-state index in [-0.39, 0.29) is 12.6 Å². The van der Waals surface area contributed by atoms with E-state index in [1.165, 1.54) is 0 Å². The minimum absolute atomic E-state index is 0.264. The van der Waals surface area contributed by atoms with Crippen LogP contribution in [0.4, 0.5) is 0 Å². The molecular weight excluding hydrogens is 240 g/mol. The minimum atomic E-state index is -0.963. The third kappa shape index (κ3) is 3.24. The van der Waals surface area contributed by atoms with Gasteiger partial charge in [0.1, 0.15) is 6.61 Å². The highest BCUT2D eigenvalue weighted by molar-refractivity contribution is 5.74. The van der Waals surface area contributed by atoms with Crippen molar-refractivity contribution in [2.24, 2.45) is 5.92 Å². The average Bonchev–Trinajstić information content (AvgIpc) is 2.79. The maximum absolute atomic E-state index is 12.1. The predicted molar refractivity (Wildman–Crippen MR) is 73.3 cm³/mol. The van der Waals surface area contributed by atoms with E-state index in [9.17, 15) is 9.90 Å². The summed E-state index contributed by atoms with van der Waals surface area (Å²) >= 11 is 0. The quantitative estimate of drug-likeness (QED) is 0.654. The first kappa shape index (κ1) is 13.8. The van der Waals surface area contributed by atoms with Crippen molar-refractivity contribution in [2.45, 2.75) is 37.9 Å². The lowest BCUT2D eigenvalue weighted by Crippen LogP contribution is -2.38. The Morgan fingerprint density at radius 3 is 2.89 bits per heavy atom. The summed E-state index contributed by atoms with van der Waals surface area (Å²) in [6.45, 7) is 3.91. The first-order valence-corrected chi connectivity index (χ1v) is 6.69. The Balaban J connectivity index is 1.94. The minimum Gasteiger partial charge on any atom is -0.461 e. The van der Waals surface area contributed by atoms with E-state index in [1.54, 1.807) is 6.08 Å². The zero-order valence-corrected chi connectivity index (χ0v) is 11.0. The molecule has 3 nitrogen and oxygen atoms in total. The molecule has 0 aliphatic heterocycles. The lowest BCUT2D eigenvalue weighted by molar-refractivity contribution is -0.157. The summed E-state index contributed by atoms with van der Waals surface area (Å²) in [6, 6.07) is 9.57. The van der Waals surface area contributed by atoms with E-state index in [0.29, 0.717) is 19.3 Å². The van der Waals surface area contributed by atoms with Crippen LogP contribution in [0.3, 0.4) is 0 Å². The first-order valence-electron chi connectivity index (χ1n) is 6.69. The van der Waals surface area contributed by atoms with E-state index >= 15 is 0 Å². The first-order chi connectivity index (χ1) is 9.15. The Kier molecular flexibility index (Phi) is 4.38. The van der Waals surface area contributed by atoms with Crippen LogP contribution in [0.15, 0.2) is 43.0 Å². The molecule has 0 radical (unpaired) electrons. The van der Waals surface area contributed by atoms with Crippen molar-refractivity contribution in [1.29, 1.82) is 0 Å². The van der Waals surface area contributed by atoms with Gasteiger partial charge in [-0.25, -0.2) is 0 Å². The van der Waals surface area contributed by atoms with E-state index in [2.05, 4.69) is 6.58 Å². The average molecular weight is 260 g/mol. The van der Waals surface area contributed by atoms with E-state index in [1.807, 2.05) is 30.3 Å². The molecule has 0 heterocycles. The lowest BCUT2D eigenvalue weighted by Gasteiger charge is -2.27. The van der Waals surface area contributed by atoms with E-state index in [4.69, 9.17) is 4.74 Å². The summed E-state index contributed by atoms with van der Waals surface area (Å²) < 4.78 is 5.32. The second-order valence-electron chi connectivity index (χ2n) is 5.13. The van der Waals surface area contributed by atoms with Gasteiger partial charge in [-0.2, -0.15) is 0 Å². The third-order valence-corrected chi connectivity index (χ3v) is 3.76. The highest BCUT2D eigenvalue weighted by Gasteiger charge is 2.45. The van der Waals surface area contributed by atoms with Crippen LogP contribution >= 0.6 is 0 Å². The number of rotatable bonds is 5. The molecular formula is C16H20O3. The lowest BCUT2D eigenvalue weighted by atomic mass is 9.88. The van der Waals surface area contributed by atoms with Gasteiger partial charge in [-0.05, 0) is 31.2 Å². The van der Waals surface area contributed by atoms with Crippen molar-refractivity contribution in [2.75, 3.05) is 0 Å². The normalized spacial score (nSPS) is 26.1. The Morgan fingerprint density at radius 1 is 1.47 bits per heavy atom. The van der Waals surface area contributed by atoms with Crippen LogP contribution in [0.25, 0.3) is 0 Å². The van der Waals surface area contributed by atoms with Gasteiger partial charge in [0.05, 0.1) is 11.5 Å². The molecule has 1 aromatic carbocycles. The van der Waals surface area contributed by atoms with Crippen LogP contribution in [0, 0.1) is 5.92 Å². The fourth-order valence-electron chi connectivity index (χ4n) is 2.72. The highest BCUT2D eigenvalue weighted by atomic mass is 16.5. The largest absolute Gasteiger partial charge is 0.461 e. The van der Waals surface area contributed by atoms with Gasteiger partial charge in [0.15, 0.2) is 0 Å². The molecule has 0 bridgehead atoms. The van der Waals surface area contributed by atoms with E-state index < -0.39 is 11.5 Å². The molecule has 102 valence electrons. The molecule has 1 aromatic rings. The Bertz CT molecular complexity index is 441. The molecule has 0 aromatic heterocycles. The summed E-state index contributed by atoms with van der Waals surface area (Å²) in [5, 5.41) is 10.4. The van der Waals surface area contributed by atoms with Crippen molar-refractivity contribution < 1.29 is 14.6 Å². The van der Waals surface area contributed by atoms with Gasteiger partial charge < -0.3 is 9.84 Å². The second kappa shape index (κ2) is 6.02. The zero-order valence-electron chi connectivity index (χ0n) is 11.0. The molecule has 1 aliphatic rings. The van der Waals surface area contributed by atoms with Crippen LogP contribution in [0.2, 0.25) is 0 Å². The molecule has 0 spiro atoms. The van der Waals surface area contributed by atoms with Gasteiger partial charge in [0.2, 0.25) is 0 Å². The predicted octanol–water partition coefficient (Wildman–Crippen LogP) is 2.84. The molecule has 2 rings (SSSR count). The smallest absolute Gasteiger partial charge is 0.312 e. The van der Waals surface area contributed by atoms with Crippen molar-refractivity contribution >= 4 is 5.97 Å². The molecule has 0 saturated heterocycles. The SMILES string of the molecule is C=CCC1(O)CCCC1C(=O)OCc1ccccc1. The monoisotopic (exact) mass is 260 g/mol. The van der Waals surface area contributed by atoms with Crippen LogP contribution in [-0.2, 0) is 16.1 Å². The molecule has 1 N–H and O–H groups in total. The summed E-state index contributed by atoms with van der Waals surface area (Å²) in [7, 11) is 0. The van der Waals surface area contributed by atoms with E-state index in [0.717, 1.165) is 12.0 Å². The molecule has 0 amide bonds. The van der Waals surface area contributed by atoms with Crippen molar-refractivity contribution in [3.05, 3.63) is 48.6 Å². The highest BCUT2D eigenvalue weighted by Crippen LogP contribution is 2.39. The van der Waals surface area contributed by atoms with Crippen LogP contribution in [0.5, 0.6) is 0 Å². The van der Waals surface area contributed by atoms with Crippen molar-refractivity contribution in [1.82, 2.24) is 0 Å². The zero-order chi connectivity index (χ0) is 13.7. The third-order valence-electron chi connectivity index (χ3n) is 3.76. The summed E-state index contributed by atoms with van der Waals surface area (Å²) in [6.07, 6.45) is 4.30. The number of hydrogen-bond acceptors (Lipinski definition) is 3. The number of benzene rings is 1. The number of carbonyl (C=O) groups is 1. The standard InChI is InChI=1S/C16H20O3/c1-2-10-16(18)11-6-9-14(16)15(17)19-12-13-7-4-3-5-8-13/h2-5,7-8,14,18H,1,6,9-12H2. The van der Waals surface area contributed by atoms with Gasteiger partial charge in [-0.1, -0.05) is 36.4 Å². The van der Waals surface area contributed by atoms with Gasteiger partial charge in [0.25, 0.3) is 0 Å². The molecule has 1 saturated carbocycles. The molecule has 3 heteroatoms. The summed E-state index contributed by atoms with van der Waals surface area (Å²) in [5.41, 5.74) is -0.00342. The van der Waals surface area contributed by atoms with Gasteiger partial charge in [-0.15, -0.1) is 6.58 Å². The molecule has 2 atom stereocenters. The second-order valence-corrected chi connectivity index (χ2v) is 5.13. The number of ether oxygens (including phenoxy) is 1. The number of aliphatic hydroxyl groups is 1. The molecule has 1 aliphatic carbocycles. The maximum atomic E-state index is 12.1. The molecule has 1 fully saturated rings. The van der Waals surface area contributed by atoms with Gasteiger partial charge in [0, 0.05) is 0 Å². The molecule has 19 heavy (non-hydrogen) atoms. The van der Waals surface area contributed by atoms with Crippen LogP contribution in [-0.4, -0.2) is 16.7 Å². The van der Waals surface area contributed by atoms with Gasteiger partial charge >= 0.3 is 5.97 Å². The number of carbonyl (C=O) groups excluding carboxylic acids is 1. The van der Waals surface area contributed by atoms with Gasteiger partial charge in [-0.3, -0.25) is 4.79 Å². The Morgan fingerprint density at radius 2 is 2.21 bits per heavy atom. The van der Waals surface area contributed by atoms with Crippen LogP contribution < -0.4 is 0 Å².